The summed E-state index contributed by atoms with van der Waals surface area (Å²) in [6.45, 7) is 3.90. The van der Waals surface area contributed by atoms with Gasteiger partial charge in [0.05, 0.1) is 7.11 Å². The van der Waals surface area contributed by atoms with E-state index in [2.05, 4.69) is 26.5 Å². The lowest BCUT2D eigenvalue weighted by Crippen LogP contribution is -2.44. The molecule has 0 spiro atoms. The van der Waals surface area contributed by atoms with E-state index in [1.54, 1.807) is 7.11 Å². The minimum Gasteiger partial charge on any atom is -0.479 e. The number of hydrogen-bond acceptors (Lipinski definition) is 5. The summed E-state index contributed by atoms with van der Waals surface area (Å²) in [5, 5.41) is 14.0. The summed E-state index contributed by atoms with van der Waals surface area (Å²) in [7, 11) is 1.63. The number of anilines is 1. The van der Waals surface area contributed by atoms with Gasteiger partial charge >= 0.3 is 0 Å². The molecule has 2 aromatic rings. The quantitative estimate of drug-likeness (QED) is 0.855. The molecule has 5 nitrogen and oxygen atoms in total. The number of aromatic nitrogens is 2. The lowest BCUT2D eigenvalue weighted by atomic mass is 10.1. The number of nitrogens with zero attached hydrogens (tertiary/aromatic N) is 3. The second kappa shape index (κ2) is 4.78. The van der Waals surface area contributed by atoms with Crippen LogP contribution in [0.4, 0.5) is 5.82 Å². The van der Waals surface area contributed by atoms with Crippen molar-refractivity contribution in [1.29, 1.82) is 0 Å². The molecular formula is C13H16N4O. The van der Waals surface area contributed by atoms with Crippen molar-refractivity contribution in [3.63, 3.8) is 0 Å². The highest BCUT2D eigenvalue weighted by atomic mass is 16.5. The van der Waals surface area contributed by atoms with Crippen LogP contribution in [0.2, 0.25) is 0 Å². The molecule has 2 heterocycles. The fraction of sp³-hybridized carbons (Fsp3) is 0.385. The Balaban J connectivity index is 2.12. The SMILES string of the molecule is COc1nnc(N2CCNCC2)c2ccccc12. The van der Waals surface area contributed by atoms with Crippen molar-refractivity contribution in [2.24, 2.45) is 0 Å². The first kappa shape index (κ1) is 11.2. The second-order valence-corrected chi connectivity index (χ2v) is 4.32. The predicted molar refractivity (Wildman–Crippen MR) is 71.2 cm³/mol. The molecule has 5 heteroatoms. The smallest absolute Gasteiger partial charge is 0.241 e. The van der Waals surface area contributed by atoms with Gasteiger partial charge in [-0.15, -0.1) is 10.2 Å². The van der Waals surface area contributed by atoms with Gasteiger partial charge in [-0.2, -0.15) is 0 Å². The first-order valence-electron chi connectivity index (χ1n) is 6.15. The Labute approximate surface area is 106 Å². The van der Waals surface area contributed by atoms with E-state index >= 15 is 0 Å². The van der Waals surface area contributed by atoms with Gasteiger partial charge in [-0.3, -0.25) is 0 Å². The van der Waals surface area contributed by atoms with Crippen molar-refractivity contribution in [2.75, 3.05) is 38.2 Å². The van der Waals surface area contributed by atoms with E-state index in [0.717, 1.165) is 42.8 Å². The Bertz CT molecular complexity index is 552. The zero-order valence-corrected chi connectivity index (χ0v) is 10.4. The zero-order chi connectivity index (χ0) is 12.4. The number of fused-ring (bicyclic) bond motifs is 1. The lowest BCUT2D eigenvalue weighted by molar-refractivity contribution is 0.397. The number of piperazine rings is 1. The van der Waals surface area contributed by atoms with Crippen molar-refractivity contribution in [2.45, 2.75) is 0 Å². The molecule has 1 saturated heterocycles. The summed E-state index contributed by atoms with van der Waals surface area (Å²) in [4.78, 5) is 2.27. The van der Waals surface area contributed by atoms with Gasteiger partial charge in [-0.05, 0) is 6.07 Å². The van der Waals surface area contributed by atoms with Crippen LogP contribution in [0.5, 0.6) is 5.88 Å². The molecule has 1 N–H and O–H groups in total. The summed E-state index contributed by atoms with van der Waals surface area (Å²) in [6, 6.07) is 8.11. The summed E-state index contributed by atoms with van der Waals surface area (Å²) in [5.41, 5.74) is 0. The molecule has 94 valence electrons. The second-order valence-electron chi connectivity index (χ2n) is 4.32. The van der Waals surface area contributed by atoms with E-state index in [-0.39, 0.29) is 0 Å². The third-order valence-electron chi connectivity index (χ3n) is 3.24. The first-order chi connectivity index (χ1) is 8.90. The van der Waals surface area contributed by atoms with Crippen LogP contribution in [0.15, 0.2) is 24.3 Å². The maximum atomic E-state index is 5.27. The molecule has 3 rings (SSSR count). The molecule has 0 saturated carbocycles. The molecule has 0 aliphatic carbocycles. The minimum atomic E-state index is 0.587. The molecule has 1 fully saturated rings. The molecule has 0 radical (unpaired) electrons. The molecule has 1 aromatic carbocycles. The Morgan fingerprint density at radius 3 is 2.56 bits per heavy atom. The number of methoxy groups -OCH3 is 1. The van der Waals surface area contributed by atoms with Crippen LogP contribution in [0, 0.1) is 0 Å². The fourth-order valence-electron chi connectivity index (χ4n) is 2.33. The van der Waals surface area contributed by atoms with Crippen molar-refractivity contribution < 1.29 is 4.74 Å². The molecule has 0 atom stereocenters. The molecule has 0 amide bonds. The van der Waals surface area contributed by atoms with Crippen LogP contribution in [0.1, 0.15) is 0 Å². The zero-order valence-electron chi connectivity index (χ0n) is 10.4. The maximum absolute atomic E-state index is 5.27. The molecule has 1 aliphatic rings. The van der Waals surface area contributed by atoms with E-state index in [1.807, 2.05) is 18.2 Å². The van der Waals surface area contributed by atoms with Crippen molar-refractivity contribution in [3.8, 4) is 5.88 Å². The highest BCUT2D eigenvalue weighted by Gasteiger charge is 2.16. The van der Waals surface area contributed by atoms with Crippen molar-refractivity contribution in [1.82, 2.24) is 15.5 Å². The number of rotatable bonds is 2. The summed E-state index contributed by atoms with van der Waals surface area (Å²) in [6.07, 6.45) is 0. The molecule has 1 aromatic heterocycles. The van der Waals surface area contributed by atoms with E-state index in [1.165, 1.54) is 0 Å². The van der Waals surface area contributed by atoms with Gasteiger partial charge in [0.1, 0.15) is 0 Å². The monoisotopic (exact) mass is 244 g/mol. The average molecular weight is 244 g/mol. The standard InChI is InChI=1S/C13H16N4O/c1-18-13-11-5-3-2-4-10(11)12(15-16-13)17-8-6-14-7-9-17/h2-5,14H,6-9H2,1H3. The van der Waals surface area contributed by atoms with Crippen molar-refractivity contribution >= 4 is 16.6 Å². The normalized spacial score (nSPS) is 15.9. The van der Waals surface area contributed by atoms with Gasteiger partial charge in [0.2, 0.25) is 5.88 Å². The van der Waals surface area contributed by atoms with Crippen LogP contribution in [0.3, 0.4) is 0 Å². The van der Waals surface area contributed by atoms with Gasteiger partial charge < -0.3 is 15.0 Å². The first-order valence-corrected chi connectivity index (χ1v) is 6.15. The third-order valence-corrected chi connectivity index (χ3v) is 3.24. The molecular weight excluding hydrogens is 228 g/mol. The van der Waals surface area contributed by atoms with E-state index in [9.17, 15) is 0 Å². The fourth-order valence-corrected chi connectivity index (χ4v) is 2.33. The lowest BCUT2D eigenvalue weighted by Gasteiger charge is -2.28. The number of hydrogen-bond donors (Lipinski definition) is 1. The highest BCUT2D eigenvalue weighted by molar-refractivity contribution is 5.95. The number of nitrogens with one attached hydrogen (secondary N) is 1. The highest BCUT2D eigenvalue weighted by Crippen LogP contribution is 2.29. The third kappa shape index (κ3) is 1.86. The van der Waals surface area contributed by atoms with Gasteiger partial charge in [0, 0.05) is 37.0 Å². The van der Waals surface area contributed by atoms with Crippen LogP contribution >= 0.6 is 0 Å². The van der Waals surface area contributed by atoms with Gasteiger partial charge in [-0.25, -0.2) is 0 Å². The van der Waals surface area contributed by atoms with Crippen LogP contribution in [-0.4, -0.2) is 43.5 Å². The van der Waals surface area contributed by atoms with E-state index in [0.29, 0.717) is 5.88 Å². The van der Waals surface area contributed by atoms with Gasteiger partial charge in [-0.1, -0.05) is 18.2 Å². The van der Waals surface area contributed by atoms with Crippen molar-refractivity contribution in [3.05, 3.63) is 24.3 Å². The van der Waals surface area contributed by atoms with Crippen LogP contribution < -0.4 is 15.0 Å². The molecule has 0 unspecified atom stereocenters. The predicted octanol–water partition coefficient (Wildman–Crippen LogP) is 1.05. The van der Waals surface area contributed by atoms with E-state index in [4.69, 9.17) is 4.74 Å². The number of ether oxygens (including phenoxy) is 1. The van der Waals surface area contributed by atoms with Gasteiger partial charge in [0.15, 0.2) is 5.82 Å². The average Bonchev–Trinajstić information content (AvgIpc) is 2.47. The van der Waals surface area contributed by atoms with E-state index < -0.39 is 0 Å². The Kier molecular flexibility index (Phi) is 2.98. The maximum Gasteiger partial charge on any atom is 0.241 e. The Hall–Kier alpha value is -1.88. The number of benzene rings is 1. The topological polar surface area (TPSA) is 50.3 Å². The molecule has 18 heavy (non-hydrogen) atoms. The molecule has 1 aliphatic heterocycles. The summed E-state index contributed by atoms with van der Waals surface area (Å²) >= 11 is 0. The van der Waals surface area contributed by atoms with Crippen LogP contribution in [-0.2, 0) is 0 Å². The van der Waals surface area contributed by atoms with Crippen LogP contribution in [0.25, 0.3) is 10.8 Å². The van der Waals surface area contributed by atoms with Gasteiger partial charge in [0.25, 0.3) is 0 Å². The summed E-state index contributed by atoms with van der Waals surface area (Å²) in [5.74, 6) is 1.54. The Morgan fingerprint density at radius 1 is 1.11 bits per heavy atom. The molecule has 0 bridgehead atoms. The minimum absolute atomic E-state index is 0.587. The Morgan fingerprint density at radius 2 is 1.83 bits per heavy atom. The largest absolute Gasteiger partial charge is 0.479 e. The summed E-state index contributed by atoms with van der Waals surface area (Å²) < 4.78 is 5.27.